The minimum Gasteiger partial charge on any atom is -0.370 e. The lowest BCUT2D eigenvalue weighted by atomic mass is 10.1. The molecule has 0 bridgehead atoms. The van der Waals surface area contributed by atoms with E-state index >= 15 is 0 Å². The quantitative estimate of drug-likeness (QED) is 0.732. The molecule has 0 spiro atoms. The predicted octanol–water partition coefficient (Wildman–Crippen LogP) is 2.68. The number of carbonyl (C=O) groups excluding carboxylic acids is 1. The van der Waals surface area contributed by atoms with E-state index in [0.717, 1.165) is 30.9 Å². The predicted molar refractivity (Wildman–Crippen MR) is 98.2 cm³/mol. The molecule has 2 aromatic rings. The zero-order valence-electron chi connectivity index (χ0n) is 14.7. The minimum absolute atomic E-state index is 0.0877. The Morgan fingerprint density at radius 3 is 2.79 bits per heavy atom. The van der Waals surface area contributed by atoms with E-state index in [0.29, 0.717) is 12.1 Å². The highest BCUT2D eigenvalue weighted by molar-refractivity contribution is 5.94. The van der Waals surface area contributed by atoms with Gasteiger partial charge < -0.3 is 15.5 Å². The number of pyridine rings is 1. The van der Waals surface area contributed by atoms with Crippen LogP contribution in [0.2, 0.25) is 0 Å². The lowest BCUT2D eigenvalue weighted by molar-refractivity contribution is 0.0951. The molecule has 2 rings (SSSR count). The number of rotatable bonds is 8. The van der Waals surface area contributed by atoms with Crippen LogP contribution in [0.15, 0.2) is 42.6 Å². The molecule has 0 saturated carbocycles. The van der Waals surface area contributed by atoms with E-state index in [2.05, 4.69) is 40.7 Å². The third kappa shape index (κ3) is 6.01. The van der Waals surface area contributed by atoms with Gasteiger partial charge in [-0.25, -0.2) is 4.98 Å². The number of amides is 1. The van der Waals surface area contributed by atoms with Gasteiger partial charge in [0.15, 0.2) is 0 Å². The molecular weight excluding hydrogens is 300 g/mol. The van der Waals surface area contributed by atoms with Crippen molar-refractivity contribution < 1.29 is 4.79 Å². The van der Waals surface area contributed by atoms with Crippen LogP contribution in [0.3, 0.4) is 0 Å². The molecule has 0 aliphatic rings. The number of anilines is 1. The van der Waals surface area contributed by atoms with Gasteiger partial charge in [-0.05, 0) is 51.7 Å². The zero-order chi connectivity index (χ0) is 17.4. The van der Waals surface area contributed by atoms with Crippen LogP contribution in [0, 0.1) is 6.92 Å². The van der Waals surface area contributed by atoms with Crippen molar-refractivity contribution in [2.24, 2.45) is 0 Å². The van der Waals surface area contributed by atoms with Crippen LogP contribution < -0.4 is 10.6 Å². The highest BCUT2D eigenvalue weighted by atomic mass is 16.1. The molecule has 5 heteroatoms. The van der Waals surface area contributed by atoms with Crippen molar-refractivity contribution in [3.05, 3.63) is 59.3 Å². The summed E-state index contributed by atoms with van der Waals surface area (Å²) in [6, 6.07) is 11.7. The molecule has 0 saturated heterocycles. The fourth-order valence-corrected chi connectivity index (χ4v) is 2.39. The molecule has 0 aliphatic heterocycles. The number of aryl methyl sites for hydroxylation is 1. The van der Waals surface area contributed by atoms with E-state index < -0.39 is 0 Å². The number of nitrogens with zero attached hydrogens (tertiary/aromatic N) is 2. The third-order valence-electron chi connectivity index (χ3n) is 3.65. The van der Waals surface area contributed by atoms with Crippen LogP contribution >= 0.6 is 0 Å². The average molecular weight is 326 g/mol. The summed E-state index contributed by atoms with van der Waals surface area (Å²) in [5, 5.41) is 6.21. The van der Waals surface area contributed by atoms with Gasteiger partial charge in [0.25, 0.3) is 5.91 Å². The largest absolute Gasteiger partial charge is 0.370 e. The summed E-state index contributed by atoms with van der Waals surface area (Å²) in [5.41, 5.74) is 2.90. The molecule has 128 valence electrons. The van der Waals surface area contributed by atoms with Crippen molar-refractivity contribution in [1.82, 2.24) is 15.2 Å². The fraction of sp³-hybridized carbons (Fsp3) is 0.368. The lowest BCUT2D eigenvalue weighted by Crippen LogP contribution is -2.23. The molecule has 0 unspecified atom stereocenters. The molecule has 1 aromatic heterocycles. The van der Waals surface area contributed by atoms with Gasteiger partial charge in [-0.1, -0.05) is 29.8 Å². The number of nitrogens with one attached hydrogen (secondary N) is 2. The van der Waals surface area contributed by atoms with Gasteiger partial charge in [0, 0.05) is 24.8 Å². The summed E-state index contributed by atoms with van der Waals surface area (Å²) in [7, 11) is 4.11. The summed E-state index contributed by atoms with van der Waals surface area (Å²) in [6.07, 6.45) is 2.69. The average Bonchev–Trinajstić information content (AvgIpc) is 2.57. The van der Waals surface area contributed by atoms with Crippen molar-refractivity contribution in [2.75, 3.05) is 32.5 Å². The Kier molecular flexibility index (Phi) is 6.75. The molecule has 2 N–H and O–H groups in total. The van der Waals surface area contributed by atoms with E-state index in [1.54, 1.807) is 18.3 Å². The van der Waals surface area contributed by atoms with Crippen molar-refractivity contribution in [3.63, 3.8) is 0 Å². The van der Waals surface area contributed by atoms with Crippen LogP contribution in [0.25, 0.3) is 0 Å². The second kappa shape index (κ2) is 9.03. The summed E-state index contributed by atoms with van der Waals surface area (Å²) in [4.78, 5) is 18.7. The van der Waals surface area contributed by atoms with E-state index in [-0.39, 0.29) is 5.91 Å². The molecule has 24 heavy (non-hydrogen) atoms. The standard InChI is InChI=1S/C19H26N4O/c1-15-6-4-7-16(12-15)14-22-19(24)17-8-10-21-18(13-17)20-9-5-11-23(2)3/h4,6-8,10,12-13H,5,9,11,14H2,1-3H3,(H,20,21)(H,22,24). The summed E-state index contributed by atoms with van der Waals surface area (Å²) in [6.45, 7) is 4.42. The fourth-order valence-electron chi connectivity index (χ4n) is 2.39. The van der Waals surface area contributed by atoms with Crippen molar-refractivity contribution in [3.8, 4) is 0 Å². The minimum atomic E-state index is -0.0877. The Morgan fingerprint density at radius 1 is 1.21 bits per heavy atom. The smallest absolute Gasteiger partial charge is 0.251 e. The van der Waals surface area contributed by atoms with E-state index in [9.17, 15) is 4.79 Å². The number of carbonyl (C=O) groups is 1. The molecule has 5 nitrogen and oxygen atoms in total. The molecule has 0 atom stereocenters. The number of hydrogen-bond acceptors (Lipinski definition) is 4. The maximum absolute atomic E-state index is 12.3. The normalized spacial score (nSPS) is 10.7. The maximum atomic E-state index is 12.3. The molecule has 0 radical (unpaired) electrons. The molecular formula is C19H26N4O. The summed E-state index contributed by atoms with van der Waals surface area (Å²) >= 11 is 0. The first-order valence-electron chi connectivity index (χ1n) is 8.23. The van der Waals surface area contributed by atoms with Gasteiger partial charge in [0.2, 0.25) is 0 Å². The molecule has 1 amide bonds. The molecule has 1 aromatic carbocycles. The molecule has 0 aliphatic carbocycles. The Labute approximate surface area is 144 Å². The summed E-state index contributed by atoms with van der Waals surface area (Å²) < 4.78 is 0. The van der Waals surface area contributed by atoms with Gasteiger partial charge in [-0.2, -0.15) is 0 Å². The van der Waals surface area contributed by atoms with Gasteiger partial charge >= 0.3 is 0 Å². The number of aromatic nitrogens is 1. The Bertz CT molecular complexity index is 670. The van der Waals surface area contributed by atoms with Gasteiger partial charge in [-0.15, -0.1) is 0 Å². The van der Waals surface area contributed by atoms with E-state index in [4.69, 9.17) is 0 Å². The van der Waals surface area contributed by atoms with Crippen molar-refractivity contribution in [2.45, 2.75) is 19.9 Å². The Morgan fingerprint density at radius 2 is 2.04 bits per heavy atom. The van der Waals surface area contributed by atoms with Crippen LogP contribution in [-0.2, 0) is 6.54 Å². The third-order valence-corrected chi connectivity index (χ3v) is 3.65. The van der Waals surface area contributed by atoms with E-state index in [1.807, 2.05) is 25.1 Å². The lowest BCUT2D eigenvalue weighted by Gasteiger charge is -2.11. The van der Waals surface area contributed by atoms with Gasteiger partial charge in [0.05, 0.1) is 0 Å². The molecule has 0 fully saturated rings. The Balaban J connectivity index is 1.86. The highest BCUT2D eigenvalue weighted by Gasteiger charge is 2.07. The highest BCUT2D eigenvalue weighted by Crippen LogP contribution is 2.08. The first kappa shape index (κ1) is 17.9. The Hall–Kier alpha value is -2.40. The van der Waals surface area contributed by atoms with Crippen molar-refractivity contribution in [1.29, 1.82) is 0 Å². The van der Waals surface area contributed by atoms with Gasteiger partial charge in [-0.3, -0.25) is 4.79 Å². The van der Waals surface area contributed by atoms with Crippen LogP contribution in [0.1, 0.15) is 27.9 Å². The first-order valence-corrected chi connectivity index (χ1v) is 8.23. The second-order valence-corrected chi connectivity index (χ2v) is 6.19. The monoisotopic (exact) mass is 326 g/mol. The zero-order valence-corrected chi connectivity index (χ0v) is 14.7. The number of benzene rings is 1. The second-order valence-electron chi connectivity index (χ2n) is 6.19. The maximum Gasteiger partial charge on any atom is 0.251 e. The summed E-state index contributed by atoms with van der Waals surface area (Å²) in [5.74, 6) is 0.646. The van der Waals surface area contributed by atoms with Crippen LogP contribution in [-0.4, -0.2) is 43.0 Å². The number of hydrogen-bond donors (Lipinski definition) is 2. The SMILES string of the molecule is Cc1cccc(CNC(=O)c2ccnc(NCCCN(C)C)c2)c1. The van der Waals surface area contributed by atoms with Gasteiger partial charge in [0.1, 0.15) is 5.82 Å². The van der Waals surface area contributed by atoms with Crippen LogP contribution in [0.5, 0.6) is 0 Å². The van der Waals surface area contributed by atoms with Crippen LogP contribution in [0.4, 0.5) is 5.82 Å². The van der Waals surface area contributed by atoms with E-state index in [1.165, 1.54) is 5.56 Å². The first-order chi connectivity index (χ1) is 11.5. The molecule has 1 heterocycles. The van der Waals surface area contributed by atoms with Crippen molar-refractivity contribution >= 4 is 11.7 Å². The topological polar surface area (TPSA) is 57.3 Å².